The number of hydrogen-bond acceptors (Lipinski definition) is 4. The summed E-state index contributed by atoms with van der Waals surface area (Å²) in [4.78, 5) is 12.5. The summed E-state index contributed by atoms with van der Waals surface area (Å²) >= 11 is 0. The van der Waals surface area contributed by atoms with Crippen LogP contribution in [0.25, 0.3) is 0 Å². The Morgan fingerprint density at radius 1 is 1.13 bits per heavy atom. The molecule has 23 heavy (non-hydrogen) atoms. The molecule has 0 aliphatic heterocycles. The summed E-state index contributed by atoms with van der Waals surface area (Å²) in [7, 11) is -4.14. The lowest BCUT2D eigenvalue weighted by molar-refractivity contribution is -0.172. The van der Waals surface area contributed by atoms with Gasteiger partial charge in [0, 0.05) is 6.42 Å². The first-order valence-corrected chi connectivity index (χ1v) is 10.1. The van der Waals surface area contributed by atoms with Crippen LogP contribution in [-0.2, 0) is 19.6 Å². The van der Waals surface area contributed by atoms with Crippen LogP contribution in [0.5, 0.6) is 0 Å². The highest BCUT2D eigenvalue weighted by molar-refractivity contribution is 7.85. The van der Waals surface area contributed by atoms with E-state index in [0.717, 1.165) is 19.3 Å². The predicted octanol–water partition coefficient (Wildman–Crippen LogP) is 2.75. The van der Waals surface area contributed by atoms with Crippen molar-refractivity contribution in [1.29, 1.82) is 0 Å². The lowest BCUT2D eigenvalue weighted by atomic mass is 9.49. The minimum absolute atomic E-state index is 0.0202. The maximum absolute atomic E-state index is 13.6. The molecule has 4 aliphatic rings. The van der Waals surface area contributed by atoms with E-state index < -0.39 is 22.0 Å². The summed E-state index contributed by atoms with van der Waals surface area (Å²) in [5, 5.41) is 0. The van der Waals surface area contributed by atoms with Gasteiger partial charge < -0.3 is 4.74 Å². The van der Waals surface area contributed by atoms with E-state index in [-0.39, 0.29) is 30.8 Å². The summed E-state index contributed by atoms with van der Waals surface area (Å²) in [6.07, 6.45) is 4.81. The fourth-order valence-electron chi connectivity index (χ4n) is 5.21. The Kier molecular flexibility index (Phi) is 4.71. The quantitative estimate of drug-likeness (QED) is 0.565. The molecule has 1 unspecified atom stereocenters. The van der Waals surface area contributed by atoms with Crippen molar-refractivity contribution in [2.24, 2.45) is 23.2 Å². The highest BCUT2D eigenvalue weighted by Crippen LogP contribution is 2.60. The van der Waals surface area contributed by atoms with Gasteiger partial charge in [-0.3, -0.25) is 9.35 Å². The molecule has 0 saturated heterocycles. The number of ether oxygens (including phenoxy) is 1. The van der Waals surface area contributed by atoms with Crippen molar-refractivity contribution >= 4 is 16.1 Å². The molecule has 0 radical (unpaired) electrons. The minimum Gasteiger partial charge on any atom is -0.465 e. The van der Waals surface area contributed by atoms with E-state index in [4.69, 9.17) is 9.29 Å². The second-order valence-corrected chi connectivity index (χ2v) is 9.37. The molecular weight excluding hydrogens is 323 g/mol. The van der Waals surface area contributed by atoms with Crippen molar-refractivity contribution in [1.82, 2.24) is 0 Å². The number of hydrogen-bond donors (Lipinski definition) is 1. The maximum Gasteiger partial charge on any atom is 0.312 e. The van der Waals surface area contributed by atoms with E-state index in [2.05, 4.69) is 0 Å². The molecule has 0 aromatic rings. The van der Waals surface area contributed by atoms with Gasteiger partial charge in [-0.2, -0.15) is 8.42 Å². The van der Waals surface area contributed by atoms with Crippen molar-refractivity contribution in [3.8, 4) is 0 Å². The van der Waals surface area contributed by atoms with Gasteiger partial charge in [0.15, 0.2) is 0 Å². The molecule has 0 spiro atoms. The Labute approximate surface area is 136 Å². The Morgan fingerprint density at radius 3 is 2.13 bits per heavy atom. The van der Waals surface area contributed by atoms with Crippen molar-refractivity contribution in [3.05, 3.63) is 0 Å². The van der Waals surface area contributed by atoms with Crippen LogP contribution in [-0.4, -0.2) is 37.5 Å². The number of rotatable bonds is 7. The summed E-state index contributed by atoms with van der Waals surface area (Å²) in [5.41, 5.74) is -0.338. The number of alkyl halides is 1. The zero-order valence-corrected chi connectivity index (χ0v) is 14.1. The van der Waals surface area contributed by atoms with Gasteiger partial charge in [0.05, 0.1) is 17.8 Å². The third kappa shape index (κ3) is 4.05. The van der Waals surface area contributed by atoms with Gasteiger partial charge in [-0.1, -0.05) is 0 Å². The van der Waals surface area contributed by atoms with Gasteiger partial charge in [-0.25, -0.2) is 4.39 Å². The highest BCUT2D eigenvalue weighted by atomic mass is 32.2. The third-order valence-corrected chi connectivity index (χ3v) is 6.58. The normalized spacial score (nSPS) is 36.9. The monoisotopic (exact) mass is 348 g/mol. The molecule has 5 nitrogen and oxygen atoms in total. The first-order chi connectivity index (χ1) is 10.8. The molecule has 1 N–H and O–H groups in total. The lowest BCUT2D eigenvalue weighted by Gasteiger charge is -2.55. The van der Waals surface area contributed by atoms with E-state index in [9.17, 15) is 17.6 Å². The number of carbonyl (C=O) groups excluding carboxylic acids is 1. The van der Waals surface area contributed by atoms with Crippen molar-refractivity contribution in [2.45, 2.75) is 57.5 Å². The maximum atomic E-state index is 13.6. The summed E-state index contributed by atoms with van der Waals surface area (Å²) in [6.45, 7) is -0.0206. The zero-order chi connectivity index (χ0) is 16.7. The van der Waals surface area contributed by atoms with E-state index >= 15 is 0 Å². The van der Waals surface area contributed by atoms with Crippen LogP contribution in [0.3, 0.4) is 0 Å². The standard InChI is InChI=1S/C16H25FO5S/c17-14(2-4-23(19,20)21)1-3-22-15(18)16-8-11-5-12(9-16)7-13(6-11)10-16/h11-14H,1-10H2,(H,19,20,21). The molecule has 4 aliphatic carbocycles. The van der Waals surface area contributed by atoms with Crippen LogP contribution < -0.4 is 0 Å². The van der Waals surface area contributed by atoms with Gasteiger partial charge in [0.25, 0.3) is 10.1 Å². The van der Waals surface area contributed by atoms with E-state index in [1.54, 1.807) is 0 Å². The van der Waals surface area contributed by atoms with Gasteiger partial charge in [0.2, 0.25) is 0 Å². The van der Waals surface area contributed by atoms with Crippen molar-refractivity contribution in [2.75, 3.05) is 12.4 Å². The summed E-state index contributed by atoms with van der Waals surface area (Å²) in [6, 6.07) is 0. The van der Waals surface area contributed by atoms with Crippen LogP contribution >= 0.6 is 0 Å². The molecule has 4 bridgehead atoms. The molecule has 4 fully saturated rings. The Morgan fingerprint density at radius 2 is 1.65 bits per heavy atom. The zero-order valence-electron chi connectivity index (χ0n) is 13.2. The number of carbonyl (C=O) groups is 1. The average molecular weight is 348 g/mol. The van der Waals surface area contributed by atoms with Crippen LogP contribution in [0, 0.1) is 23.2 Å². The van der Waals surface area contributed by atoms with Gasteiger partial charge in [0.1, 0.15) is 6.17 Å². The Balaban J connectivity index is 1.45. The average Bonchev–Trinajstić information content (AvgIpc) is 2.43. The Hall–Kier alpha value is -0.690. The predicted molar refractivity (Wildman–Crippen MR) is 82.1 cm³/mol. The molecule has 1 atom stereocenters. The third-order valence-electron chi connectivity index (χ3n) is 5.82. The first-order valence-electron chi connectivity index (χ1n) is 8.52. The SMILES string of the molecule is O=C(OCCC(F)CCS(=O)(=O)O)C12CC3CC(CC(C3)C1)C2. The molecule has 0 amide bonds. The second-order valence-electron chi connectivity index (χ2n) is 7.79. The van der Waals surface area contributed by atoms with Crippen LogP contribution in [0.15, 0.2) is 0 Å². The molecule has 0 heterocycles. The van der Waals surface area contributed by atoms with E-state index in [1.807, 2.05) is 0 Å². The fourth-order valence-corrected chi connectivity index (χ4v) is 5.77. The molecule has 0 aromatic carbocycles. The topological polar surface area (TPSA) is 80.7 Å². The van der Waals surface area contributed by atoms with Gasteiger partial charge in [-0.05, 0) is 62.7 Å². The van der Waals surface area contributed by atoms with Crippen LogP contribution in [0.4, 0.5) is 4.39 Å². The van der Waals surface area contributed by atoms with Crippen molar-refractivity contribution in [3.63, 3.8) is 0 Å². The smallest absolute Gasteiger partial charge is 0.312 e. The van der Waals surface area contributed by atoms with Gasteiger partial charge >= 0.3 is 5.97 Å². The minimum atomic E-state index is -4.14. The fraction of sp³-hybridized carbons (Fsp3) is 0.938. The Bertz CT molecular complexity index is 524. The van der Waals surface area contributed by atoms with E-state index in [1.165, 1.54) is 19.3 Å². The van der Waals surface area contributed by atoms with Gasteiger partial charge in [-0.15, -0.1) is 0 Å². The summed E-state index contributed by atoms with van der Waals surface area (Å²) < 4.78 is 48.7. The molecule has 4 rings (SSSR count). The molecule has 0 aromatic heterocycles. The van der Waals surface area contributed by atoms with Crippen molar-refractivity contribution < 1.29 is 26.9 Å². The number of halogens is 1. The number of esters is 1. The summed E-state index contributed by atoms with van der Waals surface area (Å²) in [5.74, 6) is 1.17. The van der Waals surface area contributed by atoms with E-state index in [0.29, 0.717) is 17.8 Å². The van der Waals surface area contributed by atoms with Crippen LogP contribution in [0.1, 0.15) is 51.4 Å². The molecule has 132 valence electrons. The molecule has 7 heteroatoms. The highest BCUT2D eigenvalue weighted by Gasteiger charge is 2.55. The second kappa shape index (κ2) is 6.31. The lowest BCUT2D eigenvalue weighted by Crippen LogP contribution is -2.50. The largest absolute Gasteiger partial charge is 0.465 e. The molecule has 4 saturated carbocycles. The first kappa shape index (κ1) is 17.1. The van der Waals surface area contributed by atoms with Crippen LogP contribution in [0.2, 0.25) is 0 Å². The molecular formula is C16H25FO5S.